The number of aromatic nitrogens is 3. The normalized spacial score (nSPS) is 10.6. The molecule has 0 atom stereocenters. The van der Waals surface area contributed by atoms with Gasteiger partial charge in [-0.1, -0.05) is 0 Å². The second-order valence-electron chi connectivity index (χ2n) is 3.69. The summed E-state index contributed by atoms with van der Waals surface area (Å²) >= 11 is 0. The Morgan fingerprint density at radius 3 is 2.53 bits per heavy atom. The van der Waals surface area contributed by atoms with Crippen LogP contribution in [0.5, 0.6) is 0 Å². The fourth-order valence-corrected chi connectivity index (χ4v) is 1.64. The first kappa shape index (κ1) is 9.71. The molecule has 0 aliphatic rings. The van der Waals surface area contributed by atoms with Gasteiger partial charge in [-0.2, -0.15) is 0 Å². The largest absolute Gasteiger partial charge is 0.334 e. The molecule has 0 unspecified atom stereocenters. The van der Waals surface area contributed by atoms with E-state index in [1.165, 1.54) is 0 Å². The summed E-state index contributed by atoms with van der Waals surface area (Å²) in [5.41, 5.74) is 1.73. The number of rotatable bonds is 1. The average Bonchev–Trinajstić information content (AvgIpc) is 2.60. The van der Waals surface area contributed by atoms with Crippen molar-refractivity contribution in [2.45, 2.75) is 6.92 Å². The van der Waals surface area contributed by atoms with Crippen molar-refractivity contribution in [1.82, 2.24) is 14.1 Å². The Bertz CT molecular complexity index is 525. The van der Waals surface area contributed by atoms with Crippen molar-refractivity contribution >= 4 is 0 Å². The standard InChI is InChI=1S/C11H13N3O/c1-8-6-9(7-14(3)11(8)15)10-12-4-5-13(10)2/h4-7H,1-3H3. The van der Waals surface area contributed by atoms with Crippen LogP contribution in [0, 0.1) is 6.92 Å². The lowest BCUT2D eigenvalue weighted by molar-refractivity contribution is 0.843. The van der Waals surface area contributed by atoms with Crippen molar-refractivity contribution in [3.05, 3.63) is 40.6 Å². The third kappa shape index (κ3) is 1.58. The first-order valence-corrected chi connectivity index (χ1v) is 4.74. The van der Waals surface area contributed by atoms with Gasteiger partial charge in [0.15, 0.2) is 0 Å². The summed E-state index contributed by atoms with van der Waals surface area (Å²) in [6, 6.07) is 1.87. The topological polar surface area (TPSA) is 39.8 Å². The fourth-order valence-electron chi connectivity index (χ4n) is 1.64. The van der Waals surface area contributed by atoms with Crippen LogP contribution in [-0.4, -0.2) is 14.1 Å². The lowest BCUT2D eigenvalue weighted by Gasteiger charge is -2.05. The molecule has 0 amide bonds. The molecule has 2 rings (SSSR count). The van der Waals surface area contributed by atoms with Gasteiger partial charge in [0.1, 0.15) is 5.82 Å². The van der Waals surface area contributed by atoms with Crippen LogP contribution >= 0.6 is 0 Å². The van der Waals surface area contributed by atoms with E-state index >= 15 is 0 Å². The molecule has 2 heterocycles. The van der Waals surface area contributed by atoms with Gasteiger partial charge in [0.2, 0.25) is 0 Å². The summed E-state index contributed by atoms with van der Waals surface area (Å²) in [5, 5.41) is 0. The summed E-state index contributed by atoms with van der Waals surface area (Å²) in [6.45, 7) is 1.81. The molecule has 0 aliphatic heterocycles. The molecule has 2 aromatic rings. The van der Waals surface area contributed by atoms with E-state index in [2.05, 4.69) is 4.98 Å². The van der Waals surface area contributed by atoms with Crippen LogP contribution in [0.15, 0.2) is 29.5 Å². The SMILES string of the molecule is Cc1cc(-c2nccn2C)cn(C)c1=O. The lowest BCUT2D eigenvalue weighted by Crippen LogP contribution is -2.18. The molecule has 2 aromatic heterocycles. The molecule has 0 bridgehead atoms. The van der Waals surface area contributed by atoms with Crippen molar-refractivity contribution < 1.29 is 0 Å². The van der Waals surface area contributed by atoms with Crippen molar-refractivity contribution in [3.63, 3.8) is 0 Å². The van der Waals surface area contributed by atoms with Crippen LogP contribution in [0.3, 0.4) is 0 Å². The minimum absolute atomic E-state index is 0.0351. The Hall–Kier alpha value is -1.84. The van der Waals surface area contributed by atoms with Gasteiger partial charge in [-0.3, -0.25) is 4.79 Å². The molecular weight excluding hydrogens is 190 g/mol. The van der Waals surface area contributed by atoms with Gasteiger partial charge in [-0.25, -0.2) is 4.98 Å². The van der Waals surface area contributed by atoms with Crippen LogP contribution < -0.4 is 5.56 Å². The number of pyridine rings is 1. The van der Waals surface area contributed by atoms with Crippen LogP contribution in [0.25, 0.3) is 11.4 Å². The van der Waals surface area contributed by atoms with E-state index in [1.807, 2.05) is 30.8 Å². The smallest absolute Gasteiger partial charge is 0.253 e. The van der Waals surface area contributed by atoms with Gasteiger partial charge in [0, 0.05) is 43.8 Å². The first-order valence-electron chi connectivity index (χ1n) is 4.74. The summed E-state index contributed by atoms with van der Waals surface area (Å²) < 4.78 is 3.51. The number of imidazole rings is 1. The summed E-state index contributed by atoms with van der Waals surface area (Å²) in [5.74, 6) is 0.869. The molecule has 15 heavy (non-hydrogen) atoms. The van der Waals surface area contributed by atoms with E-state index in [0.29, 0.717) is 0 Å². The second kappa shape index (κ2) is 3.38. The molecule has 4 heteroatoms. The highest BCUT2D eigenvalue weighted by Crippen LogP contribution is 2.15. The predicted molar refractivity (Wildman–Crippen MR) is 58.6 cm³/mol. The molecular formula is C11H13N3O. The van der Waals surface area contributed by atoms with Gasteiger partial charge in [-0.05, 0) is 13.0 Å². The maximum atomic E-state index is 11.5. The molecule has 0 saturated heterocycles. The average molecular weight is 203 g/mol. The van der Waals surface area contributed by atoms with Crippen LogP contribution in [-0.2, 0) is 14.1 Å². The van der Waals surface area contributed by atoms with E-state index in [4.69, 9.17) is 0 Å². The molecule has 0 aromatic carbocycles. The van der Waals surface area contributed by atoms with E-state index in [1.54, 1.807) is 24.0 Å². The number of nitrogens with zero attached hydrogens (tertiary/aromatic N) is 3. The first-order chi connectivity index (χ1) is 7.09. The summed E-state index contributed by atoms with van der Waals surface area (Å²) in [6.07, 6.45) is 5.43. The third-order valence-corrected chi connectivity index (χ3v) is 2.44. The Morgan fingerprint density at radius 2 is 2.00 bits per heavy atom. The maximum absolute atomic E-state index is 11.5. The molecule has 78 valence electrons. The molecule has 0 saturated carbocycles. The minimum Gasteiger partial charge on any atom is -0.334 e. The quantitative estimate of drug-likeness (QED) is 0.696. The highest BCUT2D eigenvalue weighted by molar-refractivity contribution is 5.55. The highest BCUT2D eigenvalue weighted by Gasteiger charge is 2.06. The van der Waals surface area contributed by atoms with Crippen LogP contribution in [0.2, 0.25) is 0 Å². The zero-order valence-electron chi connectivity index (χ0n) is 9.06. The van der Waals surface area contributed by atoms with Gasteiger partial charge < -0.3 is 9.13 Å². The summed E-state index contributed by atoms with van der Waals surface area (Å²) in [7, 11) is 3.69. The fraction of sp³-hybridized carbons (Fsp3) is 0.273. The van der Waals surface area contributed by atoms with Crippen LogP contribution in [0.4, 0.5) is 0 Å². The monoisotopic (exact) mass is 203 g/mol. The number of hydrogen-bond donors (Lipinski definition) is 0. The Morgan fingerprint density at radius 1 is 1.27 bits per heavy atom. The second-order valence-corrected chi connectivity index (χ2v) is 3.69. The number of hydrogen-bond acceptors (Lipinski definition) is 2. The zero-order chi connectivity index (χ0) is 11.0. The van der Waals surface area contributed by atoms with E-state index in [0.717, 1.165) is 17.0 Å². The minimum atomic E-state index is 0.0351. The highest BCUT2D eigenvalue weighted by atomic mass is 16.1. The molecule has 0 fully saturated rings. The van der Waals surface area contributed by atoms with Gasteiger partial charge >= 0.3 is 0 Å². The maximum Gasteiger partial charge on any atom is 0.253 e. The number of aryl methyl sites for hydroxylation is 3. The lowest BCUT2D eigenvalue weighted by atomic mass is 10.2. The molecule has 0 radical (unpaired) electrons. The van der Waals surface area contributed by atoms with Gasteiger partial charge in [0.05, 0.1) is 0 Å². The van der Waals surface area contributed by atoms with Crippen molar-refractivity contribution in [3.8, 4) is 11.4 Å². The van der Waals surface area contributed by atoms with Crippen molar-refractivity contribution in [2.75, 3.05) is 0 Å². The molecule has 0 spiro atoms. The molecule has 4 nitrogen and oxygen atoms in total. The Labute approximate surface area is 87.8 Å². The molecule has 0 N–H and O–H groups in total. The van der Waals surface area contributed by atoms with E-state index < -0.39 is 0 Å². The predicted octanol–water partition coefficient (Wildman–Crippen LogP) is 1.09. The van der Waals surface area contributed by atoms with E-state index in [-0.39, 0.29) is 5.56 Å². The van der Waals surface area contributed by atoms with Crippen molar-refractivity contribution in [2.24, 2.45) is 14.1 Å². The van der Waals surface area contributed by atoms with Gasteiger partial charge in [-0.15, -0.1) is 0 Å². The third-order valence-electron chi connectivity index (χ3n) is 2.44. The molecule has 0 aliphatic carbocycles. The summed E-state index contributed by atoms with van der Waals surface area (Å²) in [4.78, 5) is 15.8. The van der Waals surface area contributed by atoms with E-state index in [9.17, 15) is 4.79 Å². The Balaban J connectivity index is 2.66. The van der Waals surface area contributed by atoms with Crippen molar-refractivity contribution in [1.29, 1.82) is 0 Å². The van der Waals surface area contributed by atoms with Crippen LogP contribution in [0.1, 0.15) is 5.56 Å². The zero-order valence-corrected chi connectivity index (χ0v) is 9.06. The Kier molecular flexibility index (Phi) is 2.19. The van der Waals surface area contributed by atoms with Gasteiger partial charge in [0.25, 0.3) is 5.56 Å².